The van der Waals surface area contributed by atoms with E-state index < -0.39 is 0 Å². The van der Waals surface area contributed by atoms with Gasteiger partial charge in [-0.1, -0.05) is 0 Å². The summed E-state index contributed by atoms with van der Waals surface area (Å²) in [5.74, 6) is 3.67. The molecule has 2 N–H and O–H groups in total. The molecule has 0 radical (unpaired) electrons. The second-order valence-electron chi connectivity index (χ2n) is 4.72. The summed E-state index contributed by atoms with van der Waals surface area (Å²) in [5.41, 5.74) is 5.04. The Kier molecular flexibility index (Phi) is 9.38. The monoisotopic (exact) mass is 304 g/mol. The fourth-order valence-corrected chi connectivity index (χ4v) is 3.75. The molecule has 19 heavy (non-hydrogen) atoms. The zero-order valence-electron chi connectivity index (χ0n) is 11.4. The van der Waals surface area contributed by atoms with Gasteiger partial charge in [-0.05, 0) is 19.4 Å². The van der Waals surface area contributed by atoms with Crippen molar-refractivity contribution in [3.05, 3.63) is 0 Å². The average Bonchev–Trinajstić information content (AvgIpc) is 2.41. The van der Waals surface area contributed by atoms with Crippen LogP contribution in [0, 0.1) is 0 Å². The smallest absolute Gasteiger partial charge is 0.218 e. The minimum absolute atomic E-state index is 0.292. The maximum atomic E-state index is 11.6. The highest BCUT2D eigenvalue weighted by atomic mass is 32.2. The van der Waals surface area contributed by atoms with Crippen molar-refractivity contribution in [3.8, 4) is 0 Å². The van der Waals surface area contributed by atoms with Crippen molar-refractivity contribution in [2.75, 3.05) is 42.6 Å². The molecule has 1 amide bonds. The van der Waals surface area contributed by atoms with Gasteiger partial charge in [0.1, 0.15) is 5.78 Å². The zero-order chi connectivity index (χ0) is 13.9. The van der Waals surface area contributed by atoms with Crippen molar-refractivity contribution < 1.29 is 9.59 Å². The molecule has 1 fully saturated rings. The van der Waals surface area contributed by atoms with Gasteiger partial charge in [0, 0.05) is 43.2 Å². The first kappa shape index (κ1) is 16.9. The SMILES string of the molecule is NC(=O)CCSCC(=O)CCCCN1CCSCC1. The van der Waals surface area contributed by atoms with E-state index in [1.165, 1.54) is 36.4 Å². The Balaban J connectivity index is 1.90. The highest BCUT2D eigenvalue weighted by Crippen LogP contribution is 2.11. The van der Waals surface area contributed by atoms with E-state index in [0.29, 0.717) is 30.1 Å². The fourth-order valence-electron chi connectivity index (χ4n) is 1.91. The number of hydrogen-bond donors (Lipinski definition) is 1. The van der Waals surface area contributed by atoms with Crippen LogP contribution in [0.15, 0.2) is 0 Å². The van der Waals surface area contributed by atoms with Gasteiger partial charge in [0.2, 0.25) is 5.91 Å². The van der Waals surface area contributed by atoms with Crippen molar-refractivity contribution in [1.82, 2.24) is 4.90 Å². The number of Topliss-reactive ketones (excluding diaryl/α,β-unsaturated/α-hetero) is 1. The summed E-state index contributed by atoms with van der Waals surface area (Å²) in [7, 11) is 0. The number of rotatable bonds is 10. The number of nitrogens with two attached hydrogens (primary N) is 1. The van der Waals surface area contributed by atoms with Crippen LogP contribution in [-0.4, -0.2) is 59.2 Å². The number of hydrogen-bond acceptors (Lipinski definition) is 5. The van der Waals surface area contributed by atoms with E-state index in [0.717, 1.165) is 19.4 Å². The van der Waals surface area contributed by atoms with Gasteiger partial charge in [0.05, 0.1) is 5.75 Å². The van der Waals surface area contributed by atoms with Crippen LogP contribution in [0.4, 0.5) is 0 Å². The van der Waals surface area contributed by atoms with Gasteiger partial charge in [-0.25, -0.2) is 0 Å². The summed E-state index contributed by atoms with van der Waals surface area (Å²) in [5, 5.41) is 0. The number of carbonyl (C=O) groups excluding carboxylic acids is 2. The van der Waals surface area contributed by atoms with Crippen LogP contribution < -0.4 is 5.73 Å². The molecule has 0 aromatic heterocycles. The van der Waals surface area contributed by atoms with Gasteiger partial charge in [-0.15, -0.1) is 0 Å². The van der Waals surface area contributed by atoms with E-state index >= 15 is 0 Å². The third-order valence-electron chi connectivity index (χ3n) is 3.04. The fraction of sp³-hybridized carbons (Fsp3) is 0.846. The Morgan fingerprint density at radius 2 is 1.89 bits per heavy atom. The molecule has 0 spiro atoms. The van der Waals surface area contributed by atoms with E-state index in [1.807, 2.05) is 11.8 Å². The van der Waals surface area contributed by atoms with Gasteiger partial charge >= 0.3 is 0 Å². The van der Waals surface area contributed by atoms with E-state index in [2.05, 4.69) is 4.90 Å². The molecular weight excluding hydrogens is 280 g/mol. The minimum atomic E-state index is -0.292. The lowest BCUT2D eigenvalue weighted by molar-refractivity contribution is -0.118. The van der Waals surface area contributed by atoms with Crippen LogP contribution in [0.3, 0.4) is 0 Å². The topological polar surface area (TPSA) is 63.4 Å². The maximum Gasteiger partial charge on any atom is 0.218 e. The first-order valence-electron chi connectivity index (χ1n) is 6.86. The molecule has 0 unspecified atom stereocenters. The second kappa shape index (κ2) is 10.6. The second-order valence-corrected chi connectivity index (χ2v) is 7.05. The van der Waals surface area contributed by atoms with E-state index in [4.69, 9.17) is 5.73 Å². The summed E-state index contributed by atoms with van der Waals surface area (Å²) >= 11 is 3.54. The molecule has 1 aliphatic rings. The summed E-state index contributed by atoms with van der Waals surface area (Å²) in [4.78, 5) is 24.6. The number of primary amides is 1. The molecule has 4 nitrogen and oxygen atoms in total. The van der Waals surface area contributed by atoms with Crippen molar-refractivity contribution in [2.24, 2.45) is 5.73 Å². The normalized spacial score (nSPS) is 16.4. The van der Waals surface area contributed by atoms with Crippen LogP contribution in [0.25, 0.3) is 0 Å². The van der Waals surface area contributed by atoms with Crippen molar-refractivity contribution in [3.63, 3.8) is 0 Å². The molecule has 0 atom stereocenters. The van der Waals surface area contributed by atoms with Crippen LogP contribution in [0.1, 0.15) is 25.7 Å². The first-order chi connectivity index (χ1) is 9.18. The lowest BCUT2D eigenvalue weighted by atomic mass is 10.2. The first-order valence-corrected chi connectivity index (χ1v) is 9.17. The molecular formula is C13H24N2O2S2. The summed E-state index contributed by atoms with van der Waals surface area (Å²) in [6, 6.07) is 0. The van der Waals surface area contributed by atoms with E-state index in [9.17, 15) is 9.59 Å². The number of thioether (sulfide) groups is 2. The van der Waals surface area contributed by atoms with Gasteiger partial charge in [0.25, 0.3) is 0 Å². The lowest BCUT2D eigenvalue weighted by Crippen LogP contribution is -2.33. The Hall–Kier alpha value is -0.200. The van der Waals surface area contributed by atoms with Gasteiger partial charge in [-0.3, -0.25) is 9.59 Å². The molecule has 0 aliphatic carbocycles. The van der Waals surface area contributed by atoms with Gasteiger partial charge in [0.15, 0.2) is 0 Å². The van der Waals surface area contributed by atoms with Crippen molar-refractivity contribution in [1.29, 1.82) is 0 Å². The summed E-state index contributed by atoms with van der Waals surface area (Å²) < 4.78 is 0. The molecule has 0 aromatic carbocycles. The Labute approximate surface area is 124 Å². The molecule has 1 heterocycles. The van der Waals surface area contributed by atoms with Crippen LogP contribution in [0.2, 0.25) is 0 Å². The van der Waals surface area contributed by atoms with Crippen molar-refractivity contribution in [2.45, 2.75) is 25.7 Å². The third kappa shape index (κ3) is 9.35. The third-order valence-corrected chi connectivity index (χ3v) is 5.00. The summed E-state index contributed by atoms with van der Waals surface area (Å²) in [6.45, 7) is 3.52. The largest absolute Gasteiger partial charge is 0.370 e. The average molecular weight is 304 g/mol. The number of amides is 1. The Morgan fingerprint density at radius 1 is 1.16 bits per heavy atom. The molecule has 1 aliphatic heterocycles. The number of unbranched alkanes of at least 4 members (excludes halogenated alkanes) is 1. The molecule has 0 bridgehead atoms. The van der Waals surface area contributed by atoms with E-state index in [-0.39, 0.29) is 5.91 Å². The summed E-state index contributed by atoms with van der Waals surface area (Å²) in [6.07, 6.45) is 3.14. The zero-order valence-corrected chi connectivity index (χ0v) is 13.1. The molecule has 0 saturated carbocycles. The van der Waals surface area contributed by atoms with Crippen LogP contribution in [0.5, 0.6) is 0 Å². The molecule has 0 aromatic rings. The van der Waals surface area contributed by atoms with Crippen molar-refractivity contribution >= 4 is 35.2 Å². The predicted molar refractivity (Wildman–Crippen MR) is 83.8 cm³/mol. The maximum absolute atomic E-state index is 11.6. The highest BCUT2D eigenvalue weighted by molar-refractivity contribution is 8.00. The van der Waals surface area contributed by atoms with Gasteiger partial charge < -0.3 is 10.6 Å². The molecule has 110 valence electrons. The molecule has 6 heteroatoms. The molecule has 1 saturated heterocycles. The minimum Gasteiger partial charge on any atom is -0.370 e. The standard InChI is InChI=1S/C13H24N2O2S2/c14-13(17)4-8-19-11-12(16)3-1-2-5-15-6-9-18-10-7-15/h1-11H2,(H2,14,17). The lowest BCUT2D eigenvalue weighted by Gasteiger charge is -2.25. The van der Waals surface area contributed by atoms with Crippen LogP contribution >= 0.6 is 23.5 Å². The quantitative estimate of drug-likeness (QED) is 0.618. The number of ketones is 1. The van der Waals surface area contributed by atoms with E-state index in [1.54, 1.807) is 0 Å². The highest BCUT2D eigenvalue weighted by Gasteiger charge is 2.10. The molecule has 1 rings (SSSR count). The Bertz CT molecular complexity index is 282. The number of carbonyl (C=O) groups is 2. The number of nitrogens with zero attached hydrogens (tertiary/aromatic N) is 1. The van der Waals surface area contributed by atoms with Crippen LogP contribution in [-0.2, 0) is 9.59 Å². The Morgan fingerprint density at radius 3 is 2.58 bits per heavy atom. The van der Waals surface area contributed by atoms with Gasteiger partial charge in [-0.2, -0.15) is 23.5 Å². The predicted octanol–water partition coefficient (Wildman–Crippen LogP) is 1.38.